The predicted octanol–water partition coefficient (Wildman–Crippen LogP) is 1.04. The Balaban J connectivity index is 1.66. The minimum Gasteiger partial charge on any atom is -0.374 e. The van der Waals surface area contributed by atoms with Crippen molar-refractivity contribution in [1.82, 2.24) is 15.5 Å². The van der Waals surface area contributed by atoms with E-state index in [1.807, 2.05) is 0 Å². The van der Waals surface area contributed by atoms with Crippen molar-refractivity contribution in [3.8, 4) is 0 Å². The Morgan fingerprint density at radius 1 is 1.59 bits per heavy atom. The molecule has 0 radical (unpaired) electrons. The van der Waals surface area contributed by atoms with Crippen LogP contribution in [0.3, 0.4) is 0 Å². The summed E-state index contributed by atoms with van der Waals surface area (Å²) in [6, 6.07) is 0.692. The first-order chi connectivity index (χ1) is 8.16. The number of nitrogens with zero attached hydrogens (tertiary/aromatic N) is 1. The molecule has 3 unspecified atom stereocenters. The van der Waals surface area contributed by atoms with Crippen molar-refractivity contribution < 1.29 is 0 Å². The molecule has 0 aromatic carbocycles. The number of hydrogen-bond donors (Lipinski definition) is 3. The smallest absolute Gasteiger partial charge is 0.0899 e. The number of fused-ring (bicyclic) bond motifs is 3. The highest BCUT2D eigenvalue weighted by atomic mass is 15.4. The van der Waals surface area contributed by atoms with Gasteiger partial charge in [-0.25, -0.2) is 0 Å². The number of hydrogen-bond acceptors (Lipinski definition) is 3. The summed E-state index contributed by atoms with van der Waals surface area (Å²) in [5, 5.41) is 14.1. The molecule has 4 heteroatoms. The molecule has 92 valence electrons. The number of rotatable bonds is 3. The normalized spacial score (nSPS) is 37.3. The molecule has 0 spiro atoms. The van der Waals surface area contributed by atoms with Crippen molar-refractivity contribution in [2.24, 2.45) is 5.92 Å². The third-order valence-corrected chi connectivity index (χ3v) is 3.96. The Labute approximate surface area is 102 Å². The molecule has 3 heterocycles. The average molecular weight is 232 g/mol. The maximum atomic E-state index is 7.37. The van der Waals surface area contributed by atoms with Gasteiger partial charge in [-0.05, 0) is 25.8 Å². The summed E-state index contributed by atoms with van der Waals surface area (Å²) in [4.78, 5) is 2.51. The maximum Gasteiger partial charge on any atom is 0.0899 e. The third-order valence-electron chi connectivity index (χ3n) is 3.96. The summed E-state index contributed by atoms with van der Waals surface area (Å²) in [7, 11) is 0. The van der Waals surface area contributed by atoms with Crippen LogP contribution in [-0.4, -0.2) is 36.0 Å². The second-order valence-electron chi connectivity index (χ2n) is 5.22. The van der Waals surface area contributed by atoms with Crippen LogP contribution in [0.4, 0.5) is 0 Å². The van der Waals surface area contributed by atoms with Crippen molar-refractivity contribution in [2.75, 3.05) is 13.1 Å². The van der Waals surface area contributed by atoms with Crippen LogP contribution in [0.25, 0.3) is 0 Å². The van der Waals surface area contributed by atoms with Crippen LogP contribution in [0.15, 0.2) is 23.4 Å². The van der Waals surface area contributed by atoms with Gasteiger partial charge in [0.05, 0.1) is 12.0 Å². The lowest BCUT2D eigenvalue weighted by Gasteiger charge is -2.24. The molecule has 0 aromatic rings. The minimum absolute atomic E-state index is 0.501. The molecule has 1 saturated heterocycles. The van der Waals surface area contributed by atoms with Gasteiger partial charge < -0.3 is 10.6 Å². The van der Waals surface area contributed by atoms with E-state index >= 15 is 0 Å². The van der Waals surface area contributed by atoms with Crippen LogP contribution in [0, 0.1) is 11.3 Å². The molecule has 3 N–H and O–H groups in total. The molecule has 0 amide bonds. The quantitative estimate of drug-likeness (QED) is 0.295. The van der Waals surface area contributed by atoms with Crippen LogP contribution in [0.2, 0.25) is 0 Å². The van der Waals surface area contributed by atoms with Crippen LogP contribution in [0.1, 0.15) is 20.3 Å². The molecule has 3 aliphatic heterocycles. The van der Waals surface area contributed by atoms with Gasteiger partial charge in [-0.3, -0.25) is 10.3 Å². The zero-order chi connectivity index (χ0) is 12.0. The zero-order valence-corrected chi connectivity index (χ0v) is 10.5. The largest absolute Gasteiger partial charge is 0.374 e. The van der Waals surface area contributed by atoms with Gasteiger partial charge in [0, 0.05) is 30.7 Å². The van der Waals surface area contributed by atoms with Crippen LogP contribution >= 0.6 is 0 Å². The third kappa shape index (κ3) is 1.86. The van der Waals surface area contributed by atoms with Gasteiger partial charge >= 0.3 is 0 Å². The SMILES string of the molecule is CC(=N)NCCC1=C(C)NC2C1C=CC1C[N@]12. The first-order valence-electron chi connectivity index (χ1n) is 6.36. The fourth-order valence-electron chi connectivity index (χ4n) is 3.00. The topological polar surface area (TPSA) is 50.9 Å². The highest BCUT2D eigenvalue weighted by Crippen LogP contribution is 2.40. The van der Waals surface area contributed by atoms with E-state index in [2.05, 4.69) is 34.6 Å². The summed E-state index contributed by atoms with van der Waals surface area (Å²) in [5.74, 6) is 1.09. The maximum absolute atomic E-state index is 7.37. The highest BCUT2D eigenvalue weighted by molar-refractivity contribution is 5.75. The van der Waals surface area contributed by atoms with E-state index in [0.717, 1.165) is 13.0 Å². The van der Waals surface area contributed by atoms with Crippen LogP contribution in [-0.2, 0) is 0 Å². The molecule has 3 rings (SSSR count). The molecule has 0 aliphatic carbocycles. The van der Waals surface area contributed by atoms with Crippen molar-refractivity contribution in [3.05, 3.63) is 23.4 Å². The van der Waals surface area contributed by atoms with E-state index in [0.29, 0.717) is 24.0 Å². The fraction of sp³-hybridized carbons (Fsp3) is 0.615. The first kappa shape index (κ1) is 10.8. The first-order valence-corrected chi connectivity index (χ1v) is 6.36. The van der Waals surface area contributed by atoms with Gasteiger partial charge in [-0.2, -0.15) is 0 Å². The van der Waals surface area contributed by atoms with E-state index < -0.39 is 0 Å². The molecule has 0 aromatic heterocycles. The lowest BCUT2D eigenvalue weighted by Crippen LogP contribution is -2.38. The van der Waals surface area contributed by atoms with Gasteiger partial charge in [0.15, 0.2) is 0 Å². The summed E-state index contributed by atoms with van der Waals surface area (Å²) in [5.41, 5.74) is 2.84. The molecule has 0 saturated carbocycles. The Morgan fingerprint density at radius 3 is 3.18 bits per heavy atom. The zero-order valence-electron chi connectivity index (χ0n) is 10.5. The molecular formula is C13H20N4. The number of allylic oxidation sites excluding steroid dienone is 1. The second kappa shape index (κ2) is 3.88. The molecule has 17 heavy (non-hydrogen) atoms. The Hall–Kier alpha value is -1.29. The monoisotopic (exact) mass is 232 g/mol. The van der Waals surface area contributed by atoms with Crippen molar-refractivity contribution in [1.29, 1.82) is 5.41 Å². The standard InChI is InChI=1S/C13H20N4/c1-8-11(5-6-15-9(2)14)12-4-3-10-7-17(10)13(12)16-8/h3-4,10,12-13,16H,5-7H2,1-2H3,(H2,14,15)/t10?,12?,13?,17-/m1/s1. The van der Waals surface area contributed by atoms with E-state index in [4.69, 9.17) is 5.41 Å². The van der Waals surface area contributed by atoms with E-state index in [9.17, 15) is 0 Å². The van der Waals surface area contributed by atoms with Gasteiger partial charge in [-0.15, -0.1) is 0 Å². The summed E-state index contributed by atoms with van der Waals surface area (Å²) in [6.07, 6.45) is 6.24. The van der Waals surface area contributed by atoms with Crippen molar-refractivity contribution in [3.63, 3.8) is 0 Å². The van der Waals surface area contributed by atoms with Gasteiger partial charge in [0.1, 0.15) is 0 Å². The van der Waals surface area contributed by atoms with Crippen LogP contribution in [0.5, 0.6) is 0 Å². The van der Waals surface area contributed by atoms with Gasteiger partial charge in [0.2, 0.25) is 0 Å². The van der Waals surface area contributed by atoms with E-state index in [1.54, 1.807) is 6.92 Å². The van der Waals surface area contributed by atoms with E-state index in [-0.39, 0.29) is 0 Å². The van der Waals surface area contributed by atoms with Crippen molar-refractivity contribution in [2.45, 2.75) is 32.5 Å². The minimum atomic E-state index is 0.501. The summed E-state index contributed by atoms with van der Waals surface area (Å²) < 4.78 is 0. The van der Waals surface area contributed by atoms with Gasteiger partial charge in [-0.1, -0.05) is 12.2 Å². The number of amidine groups is 1. The van der Waals surface area contributed by atoms with Gasteiger partial charge in [0.25, 0.3) is 0 Å². The molecular weight excluding hydrogens is 212 g/mol. The second-order valence-corrected chi connectivity index (χ2v) is 5.22. The average Bonchev–Trinajstić information content (AvgIpc) is 2.99. The molecule has 4 atom stereocenters. The Morgan fingerprint density at radius 2 is 2.41 bits per heavy atom. The molecule has 0 bridgehead atoms. The predicted molar refractivity (Wildman–Crippen MR) is 68.8 cm³/mol. The fourth-order valence-corrected chi connectivity index (χ4v) is 3.00. The summed E-state index contributed by atoms with van der Waals surface area (Å²) in [6.45, 7) is 6.04. The lowest BCUT2D eigenvalue weighted by atomic mass is 9.93. The van der Waals surface area contributed by atoms with Crippen LogP contribution < -0.4 is 10.6 Å². The molecule has 1 fully saturated rings. The molecule has 3 aliphatic rings. The molecule has 4 nitrogen and oxygen atoms in total. The highest BCUT2D eigenvalue weighted by Gasteiger charge is 2.47. The van der Waals surface area contributed by atoms with E-state index in [1.165, 1.54) is 17.8 Å². The van der Waals surface area contributed by atoms with Crippen molar-refractivity contribution >= 4 is 5.84 Å². The Bertz CT molecular complexity index is 410. The Kier molecular flexibility index (Phi) is 2.47. The lowest BCUT2D eigenvalue weighted by molar-refractivity contribution is 0.305. The summed E-state index contributed by atoms with van der Waals surface area (Å²) >= 11 is 0. The number of nitrogens with one attached hydrogen (secondary N) is 3.